The maximum absolute atomic E-state index is 13.2. The molecule has 3 heterocycles. The topological polar surface area (TPSA) is 71.3 Å². The van der Waals surface area contributed by atoms with Crippen LogP contribution in [0.3, 0.4) is 0 Å². The molecule has 1 aliphatic heterocycles. The van der Waals surface area contributed by atoms with Crippen molar-refractivity contribution >= 4 is 28.4 Å². The number of carbonyl (C=O) groups excluding carboxylic acids is 1. The predicted molar refractivity (Wildman–Crippen MR) is 106 cm³/mol. The van der Waals surface area contributed by atoms with E-state index in [1.807, 2.05) is 45.0 Å². The van der Waals surface area contributed by atoms with E-state index in [1.54, 1.807) is 0 Å². The summed E-state index contributed by atoms with van der Waals surface area (Å²) in [5.41, 5.74) is 4.35. The highest BCUT2D eigenvalue weighted by molar-refractivity contribution is 6.13. The molecule has 27 heavy (non-hydrogen) atoms. The molecule has 0 bridgehead atoms. The van der Waals surface area contributed by atoms with E-state index >= 15 is 0 Å². The third-order valence-corrected chi connectivity index (χ3v) is 5.07. The molecule has 140 valence electrons. The van der Waals surface area contributed by atoms with Crippen molar-refractivity contribution < 1.29 is 9.32 Å². The number of rotatable bonds is 4. The van der Waals surface area contributed by atoms with Gasteiger partial charge in [0.1, 0.15) is 0 Å². The van der Waals surface area contributed by atoms with Crippen LogP contribution in [0.4, 0.5) is 11.4 Å². The zero-order valence-electron chi connectivity index (χ0n) is 16.0. The van der Waals surface area contributed by atoms with Gasteiger partial charge < -0.3 is 14.7 Å². The second-order valence-electron chi connectivity index (χ2n) is 7.36. The summed E-state index contributed by atoms with van der Waals surface area (Å²) in [4.78, 5) is 20.0. The molecule has 2 aromatic heterocycles. The van der Waals surface area contributed by atoms with Gasteiger partial charge in [-0.25, -0.2) is 4.98 Å². The van der Waals surface area contributed by atoms with Crippen molar-refractivity contribution in [2.45, 2.75) is 39.5 Å². The van der Waals surface area contributed by atoms with Gasteiger partial charge in [0.05, 0.1) is 28.0 Å². The first kappa shape index (κ1) is 17.5. The Hall–Kier alpha value is -2.89. The molecule has 1 amide bonds. The van der Waals surface area contributed by atoms with Gasteiger partial charge >= 0.3 is 0 Å². The summed E-state index contributed by atoms with van der Waals surface area (Å²) < 4.78 is 5.34. The van der Waals surface area contributed by atoms with E-state index in [0.717, 1.165) is 30.2 Å². The van der Waals surface area contributed by atoms with Gasteiger partial charge in [-0.05, 0) is 43.9 Å². The second kappa shape index (κ2) is 7.02. The lowest BCUT2D eigenvalue weighted by Crippen LogP contribution is -2.21. The number of nitrogens with zero attached hydrogens (tertiary/aromatic N) is 3. The third kappa shape index (κ3) is 3.27. The van der Waals surface area contributed by atoms with Crippen molar-refractivity contribution in [3.8, 4) is 0 Å². The van der Waals surface area contributed by atoms with Crippen LogP contribution in [0.25, 0.3) is 11.1 Å². The minimum atomic E-state index is -0.165. The first-order valence-corrected chi connectivity index (χ1v) is 9.47. The molecule has 0 radical (unpaired) electrons. The molecule has 0 atom stereocenters. The largest absolute Gasteiger partial charge is 0.370 e. The average Bonchev–Trinajstić information content (AvgIpc) is 3.32. The molecule has 1 aliphatic rings. The highest BCUT2D eigenvalue weighted by Crippen LogP contribution is 2.30. The van der Waals surface area contributed by atoms with Gasteiger partial charge in [-0.1, -0.05) is 31.1 Å². The Morgan fingerprint density at radius 2 is 1.96 bits per heavy atom. The zero-order chi connectivity index (χ0) is 19.0. The number of para-hydroxylation sites is 2. The lowest BCUT2D eigenvalue weighted by Gasteiger charge is -2.21. The summed E-state index contributed by atoms with van der Waals surface area (Å²) in [5, 5.41) is 7.78. The standard InChI is InChI=1S/C21H24N4O2/c1-13(2)17-12-15(19-14(3)24-27-21(19)23-17)20(26)22-16-8-4-5-9-18(16)25-10-6-7-11-25/h4-5,8-9,12-13H,6-7,10-11H2,1-3H3,(H,22,26). The quantitative estimate of drug-likeness (QED) is 0.738. The van der Waals surface area contributed by atoms with E-state index in [1.165, 1.54) is 12.8 Å². The number of amides is 1. The van der Waals surface area contributed by atoms with Crippen LogP contribution >= 0.6 is 0 Å². The van der Waals surface area contributed by atoms with E-state index in [-0.39, 0.29) is 11.8 Å². The first-order valence-electron chi connectivity index (χ1n) is 9.47. The molecule has 1 saturated heterocycles. The maximum atomic E-state index is 13.2. The van der Waals surface area contributed by atoms with Gasteiger partial charge in [-0.3, -0.25) is 4.79 Å². The Labute approximate surface area is 158 Å². The van der Waals surface area contributed by atoms with Crippen LogP contribution in [0.5, 0.6) is 0 Å². The number of aryl methyl sites for hydroxylation is 1. The highest BCUT2D eigenvalue weighted by atomic mass is 16.5. The summed E-state index contributed by atoms with van der Waals surface area (Å²) in [5.74, 6) is 0.0190. The molecule has 6 nitrogen and oxygen atoms in total. The van der Waals surface area contributed by atoms with Gasteiger partial charge in [0, 0.05) is 18.8 Å². The normalized spacial score (nSPS) is 14.3. The summed E-state index contributed by atoms with van der Waals surface area (Å²) in [6.45, 7) is 7.96. The molecule has 1 aromatic carbocycles. The molecular weight excluding hydrogens is 340 g/mol. The molecule has 1 fully saturated rings. The molecule has 0 aliphatic carbocycles. The van der Waals surface area contributed by atoms with E-state index in [2.05, 4.69) is 26.4 Å². The predicted octanol–water partition coefficient (Wildman–Crippen LogP) is 4.51. The van der Waals surface area contributed by atoms with Crippen molar-refractivity contribution in [2.24, 2.45) is 0 Å². The Kier molecular flexibility index (Phi) is 4.56. The van der Waals surface area contributed by atoms with Crippen molar-refractivity contribution in [3.05, 3.63) is 47.3 Å². The van der Waals surface area contributed by atoms with Crippen LogP contribution in [0, 0.1) is 6.92 Å². The molecule has 4 rings (SSSR count). The van der Waals surface area contributed by atoms with E-state index in [0.29, 0.717) is 22.4 Å². The Morgan fingerprint density at radius 1 is 1.22 bits per heavy atom. The van der Waals surface area contributed by atoms with E-state index in [9.17, 15) is 4.79 Å². The summed E-state index contributed by atoms with van der Waals surface area (Å²) in [6, 6.07) is 9.82. The van der Waals surface area contributed by atoms with Crippen molar-refractivity contribution in [1.29, 1.82) is 0 Å². The molecule has 3 aromatic rings. The first-order chi connectivity index (χ1) is 13.0. The SMILES string of the molecule is Cc1noc2nc(C(C)C)cc(C(=O)Nc3ccccc3N3CCCC3)c12. The number of aromatic nitrogens is 2. The van der Waals surface area contributed by atoms with E-state index in [4.69, 9.17) is 4.52 Å². The second-order valence-corrected chi connectivity index (χ2v) is 7.36. The molecule has 0 unspecified atom stereocenters. The fourth-order valence-electron chi connectivity index (χ4n) is 3.59. The van der Waals surface area contributed by atoms with Crippen LogP contribution in [0.2, 0.25) is 0 Å². The van der Waals surface area contributed by atoms with Gasteiger partial charge in [-0.15, -0.1) is 0 Å². The number of anilines is 2. The lowest BCUT2D eigenvalue weighted by molar-refractivity contribution is 0.102. The van der Waals surface area contributed by atoms with Gasteiger partial charge in [-0.2, -0.15) is 0 Å². The fourth-order valence-corrected chi connectivity index (χ4v) is 3.59. The minimum Gasteiger partial charge on any atom is -0.370 e. The van der Waals surface area contributed by atoms with E-state index < -0.39 is 0 Å². The van der Waals surface area contributed by atoms with Crippen molar-refractivity contribution in [1.82, 2.24) is 10.1 Å². The maximum Gasteiger partial charge on any atom is 0.259 e. The molecule has 0 saturated carbocycles. The number of pyridine rings is 1. The Morgan fingerprint density at radius 3 is 2.70 bits per heavy atom. The summed E-state index contributed by atoms with van der Waals surface area (Å²) >= 11 is 0. The number of benzene rings is 1. The number of fused-ring (bicyclic) bond motifs is 1. The number of hydrogen-bond donors (Lipinski definition) is 1. The zero-order valence-corrected chi connectivity index (χ0v) is 16.0. The monoisotopic (exact) mass is 364 g/mol. The van der Waals surface area contributed by atoms with Gasteiger partial charge in [0.2, 0.25) is 0 Å². The smallest absolute Gasteiger partial charge is 0.259 e. The van der Waals surface area contributed by atoms with Crippen LogP contribution in [0.15, 0.2) is 34.9 Å². The molecule has 1 N–H and O–H groups in total. The van der Waals surface area contributed by atoms with Crippen molar-refractivity contribution in [3.63, 3.8) is 0 Å². The van der Waals surface area contributed by atoms with Gasteiger partial charge in [0.15, 0.2) is 0 Å². The number of carbonyl (C=O) groups is 1. The van der Waals surface area contributed by atoms with Crippen LogP contribution < -0.4 is 10.2 Å². The minimum absolute atomic E-state index is 0.165. The Balaban J connectivity index is 1.73. The summed E-state index contributed by atoms with van der Waals surface area (Å²) in [6.07, 6.45) is 2.37. The van der Waals surface area contributed by atoms with Gasteiger partial charge in [0.25, 0.3) is 11.6 Å². The number of hydrogen-bond acceptors (Lipinski definition) is 5. The summed E-state index contributed by atoms with van der Waals surface area (Å²) in [7, 11) is 0. The lowest BCUT2D eigenvalue weighted by atomic mass is 10.0. The molecule has 6 heteroatoms. The molecule has 0 spiro atoms. The fraction of sp³-hybridized carbons (Fsp3) is 0.381. The third-order valence-electron chi connectivity index (χ3n) is 5.07. The Bertz CT molecular complexity index is 987. The average molecular weight is 364 g/mol. The van der Waals surface area contributed by atoms with Crippen molar-refractivity contribution in [2.75, 3.05) is 23.3 Å². The molecular formula is C21H24N4O2. The van der Waals surface area contributed by atoms with Crippen LogP contribution in [-0.2, 0) is 0 Å². The highest BCUT2D eigenvalue weighted by Gasteiger charge is 2.22. The number of nitrogens with one attached hydrogen (secondary N) is 1. The van der Waals surface area contributed by atoms with Crippen LogP contribution in [-0.4, -0.2) is 29.1 Å². The van der Waals surface area contributed by atoms with Crippen LogP contribution in [0.1, 0.15) is 54.4 Å².